The molecule has 0 amide bonds. The Morgan fingerprint density at radius 3 is 2.82 bits per heavy atom. The van der Waals surface area contributed by atoms with Crippen LogP contribution in [0.25, 0.3) is 0 Å². The zero-order valence-corrected chi connectivity index (χ0v) is 10.1. The van der Waals surface area contributed by atoms with Crippen LogP contribution in [0.3, 0.4) is 0 Å². The van der Waals surface area contributed by atoms with E-state index in [9.17, 15) is 4.79 Å². The van der Waals surface area contributed by atoms with E-state index in [0.717, 1.165) is 18.4 Å². The lowest BCUT2D eigenvalue weighted by molar-refractivity contribution is -0.114. The van der Waals surface area contributed by atoms with E-state index in [1.54, 1.807) is 6.08 Å². The van der Waals surface area contributed by atoms with Crippen molar-refractivity contribution in [3.63, 3.8) is 0 Å². The van der Waals surface area contributed by atoms with Crippen molar-refractivity contribution in [3.05, 3.63) is 58.7 Å². The molecular weight excluding hydrogens is 208 g/mol. The summed E-state index contributed by atoms with van der Waals surface area (Å²) >= 11 is 0. The second kappa shape index (κ2) is 3.99. The molecule has 0 spiro atoms. The van der Waals surface area contributed by atoms with Crippen LogP contribution in [0, 0.1) is 0 Å². The Balaban J connectivity index is 1.98. The maximum atomic E-state index is 11.6. The lowest BCUT2D eigenvalue weighted by Gasteiger charge is -2.18. The van der Waals surface area contributed by atoms with Crippen LogP contribution in [0.4, 0.5) is 0 Å². The van der Waals surface area contributed by atoms with E-state index in [-0.39, 0.29) is 5.78 Å². The molecule has 0 saturated carbocycles. The topological polar surface area (TPSA) is 17.1 Å². The number of benzene rings is 1. The van der Waals surface area contributed by atoms with Crippen LogP contribution >= 0.6 is 0 Å². The van der Waals surface area contributed by atoms with E-state index in [0.29, 0.717) is 12.3 Å². The molecule has 1 heteroatoms. The highest BCUT2D eigenvalue weighted by Crippen LogP contribution is 2.40. The first kappa shape index (κ1) is 10.5. The number of ketones is 1. The van der Waals surface area contributed by atoms with E-state index in [1.807, 2.05) is 6.92 Å². The predicted molar refractivity (Wildman–Crippen MR) is 69.0 cm³/mol. The maximum absolute atomic E-state index is 11.6. The molecule has 0 radical (unpaired) electrons. The lowest BCUT2D eigenvalue weighted by Crippen LogP contribution is -2.08. The first-order valence-corrected chi connectivity index (χ1v) is 6.23. The van der Waals surface area contributed by atoms with Crippen LogP contribution in [0.5, 0.6) is 0 Å². The summed E-state index contributed by atoms with van der Waals surface area (Å²) in [7, 11) is 0. The summed E-state index contributed by atoms with van der Waals surface area (Å²) in [6.45, 7) is 2.01. The van der Waals surface area contributed by atoms with Gasteiger partial charge in [0.1, 0.15) is 0 Å². The summed E-state index contributed by atoms with van der Waals surface area (Å²) in [4.78, 5) is 11.6. The van der Waals surface area contributed by atoms with Gasteiger partial charge < -0.3 is 0 Å². The van der Waals surface area contributed by atoms with Gasteiger partial charge in [0, 0.05) is 12.3 Å². The van der Waals surface area contributed by atoms with Crippen molar-refractivity contribution in [2.24, 2.45) is 0 Å². The molecule has 0 heterocycles. The Morgan fingerprint density at radius 2 is 2.00 bits per heavy atom. The molecule has 1 aromatic carbocycles. The monoisotopic (exact) mass is 224 g/mol. The third kappa shape index (κ3) is 1.86. The fourth-order valence-electron chi connectivity index (χ4n) is 3.06. The highest BCUT2D eigenvalue weighted by Gasteiger charge is 2.27. The van der Waals surface area contributed by atoms with Crippen molar-refractivity contribution >= 4 is 5.78 Å². The lowest BCUT2D eigenvalue weighted by atomic mass is 9.85. The summed E-state index contributed by atoms with van der Waals surface area (Å²) < 4.78 is 0. The number of aryl methyl sites for hydroxylation is 1. The van der Waals surface area contributed by atoms with Gasteiger partial charge in [-0.2, -0.15) is 0 Å². The quantitative estimate of drug-likeness (QED) is 0.712. The smallest absolute Gasteiger partial charge is 0.160 e. The van der Waals surface area contributed by atoms with Gasteiger partial charge in [-0.15, -0.1) is 0 Å². The van der Waals surface area contributed by atoms with Gasteiger partial charge in [0.2, 0.25) is 0 Å². The van der Waals surface area contributed by atoms with Crippen LogP contribution in [-0.2, 0) is 11.2 Å². The standard InChI is InChI=1S/C16H16O/c1-11-8-13(10-14(17)9-11)16-7-6-12-4-2-3-5-15(12)16/h2-5,8-9,16H,6-7,10H2,1H3. The molecule has 1 aromatic rings. The van der Waals surface area contributed by atoms with Crippen molar-refractivity contribution in [1.82, 2.24) is 0 Å². The Hall–Kier alpha value is -1.63. The molecule has 0 saturated heterocycles. The van der Waals surface area contributed by atoms with Crippen molar-refractivity contribution in [2.45, 2.75) is 32.1 Å². The van der Waals surface area contributed by atoms with E-state index < -0.39 is 0 Å². The Labute approximate surface area is 102 Å². The molecule has 0 aliphatic heterocycles. The summed E-state index contributed by atoms with van der Waals surface area (Å²) in [5.41, 5.74) is 5.29. The third-order valence-electron chi connectivity index (χ3n) is 3.76. The van der Waals surface area contributed by atoms with Crippen molar-refractivity contribution in [3.8, 4) is 0 Å². The zero-order chi connectivity index (χ0) is 11.8. The van der Waals surface area contributed by atoms with Gasteiger partial charge >= 0.3 is 0 Å². The first-order chi connectivity index (χ1) is 8.24. The second-order valence-corrected chi connectivity index (χ2v) is 5.04. The molecule has 0 aromatic heterocycles. The molecule has 17 heavy (non-hydrogen) atoms. The molecule has 0 fully saturated rings. The molecule has 0 N–H and O–H groups in total. The molecule has 0 bridgehead atoms. The van der Waals surface area contributed by atoms with E-state index in [4.69, 9.17) is 0 Å². The molecule has 3 rings (SSSR count). The molecule has 2 aliphatic carbocycles. The first-order valence-electron chi connectivity index (χ1n) is 6.23. The summed E-state index contributed by atoms with van der Waals surface area (Å²) in [5, 5.41) is 0. The summed E-state index contributed by atoms with van der Waals surface area (Å²) in [6.07, 6.45) is 6.87. The minimum atomic E-state index is 0.254. The molecule has 86 valence electrons. The van der Waals surface area contributed by atoms with Crippen molar-refractivity contribution < 1.29 is 4.79 Å². The Bertz CT molecular complexity index is 534. The van der Waals surface area contributed by atoms with Crippen molar-refractivity contribution in [1.29, 1.82) is 0 Å². The number of hydrogen-bond donors (Lipinski definition) is 0. The van der Waals surface area contributed by atoms with Gasteiger partial charge in [-0.3, -0.25) is 4.79 Å². The van der Waals surface area contributed by atoms with Gasteiger partial charge in [-0.05, 0) is 42.5 Å². The molecule has 1 atom stereocenters. The number of hydrogen-bond acceptors (Lipinski definition) is 1. The minimum Gasteiger partial charge on any atom is -0.294 e. The highest BCUT2D eigenvalue weighted by molar-refractivity contribution is 5.94. The van der Waals surface area contributed by atoms with Gasteiger partial charge in [0.05, 0.1) is 0 Å². The average molecular weight is 224 g/mol. The zero-order valence-electron chi connectivity index (χ0n) is 10.1. The van der Waals surface area contributed by atoms with E-state index >= 15 is 0 Å². The van der Waals surface area contributed by atoms with Crippen LogP contribution < -0.4 is 0 Å². The van der Waals surface area contributed by atoms with Gasteiger partial charge in [-0.1, -0.05) is 35.9 Å². The van der Waals surface area contributed by atoms with Crippen molar-refractivity contribution in [2.75, 3.05) is 0 Å². The summed E-state index contributed by atoms with van der Waals surface area (Å²) in [6, 6.07) is 8.63. The van der Waals surface area contributed by atoms with Crippen LogP contribution in [0.2, 0.25) is 0 Å². The fraction of sp³-hybridized carbons (Fsp3) is 0.312. The second-order valence-electron chi connectivity index (χ2n) is 5.04. The Morgan fingerprint density at radius 1 is 1.18 bits per heavy atom. The van der Waals surface area contributed by atoms with Crippen LogP contribution in [0.1, 0.15) is 36.8 Å². The SMILES string of the molecule is CC1=CC(=O)CC(C2CCc3ccccc32)=C1. The summed E-state index contributed by atoms with van der Waals surface area (Å²) in [5.74, 6) is 0.725. The number of carbonyl (C=O) groups is 1. The van der Waals surface area contributed by atoms with Gasteiger partial charge in [0.15, 0.2) is 5.78 Å². The normalized spacial score (nSPS) is 23.1. The molecular formula is C16H16O. The molecule has 2 aliphatic rings. The number of carbonyl (C=O) groups excluding carboxylic acids is 1. The number of allylic oxidation sites excluding steroid dienone is 4. The molecule has 1 nitrogen and oxygen atoms in total. The van der Waals surface area contributed by atoms with Gasteiger partial charge in [0.25, 0.3) is 0 Å². The van der Waals surface area contributed by atoms with Crippen LogP contribution in [-0.4, -0.2) is 5.78 Å². The minimum absolute atomic E-state index is 0.254. The fourth-order valence-corrected chi connectivity index (χ4v) is 3.06. The third-order valence-corrected chi connectivity index (χ3v) is 3.76. The van der Waals surface area contributed by atoms with Crippen LogP contribution in [0.15, 0.2) is 47.6 Å². The predicted octanol–water partition coefficient (Wildman–Crippen LogP) is 3.56. The maximum Gasteiger partial charge on any atom is 0.160 e. The largest absolute Gasteiger partial charge is 0.294 e. The Kier molecular flexibility index (Phi) is 2.47. The average Bonchev–Trinajstić information content (AvgIpc) is 2.71. The highest BCUT2D eigenvalue weighted by atomic mass is 16.1. The van der Waals surface area contributed by atoms with E-state index in [2.05, 4.69) is 30.3 Å². The van der Waals surface area contributed by atoms with Gasteiger partial charge in [-0.25, -0.2) is 0 Å². The number of rotatable bonds is 1. The molecule has 1 unspecified atom stereocenters. The number of fused-ring (bicyclic) bond motifs is 1. The van der Waals surface area contributed by atoms with E-state index in [1.165, 1.54) is 16.7 Å².